The van der Waals surface area contributed by atoms with Crippen LogP contribution in [0.4, 0.5) is 0 Å². The summed E-state index contributed by atoms with van der Waals surface area (Å²) in [4.78, 5) is 11.7. The molecule has 0 spiro atoms. The number of rotatable bonds is 6. The summed E-state index contributed by atoms with van der Waals surface area (Å²) in [5.41, 5.74) is 0.238. The molecule has 1 unspecified atom stereocenters. The number of nitrogens with zero attached hydrogens (tertiary/aromatic N) is 3. The Balaban J connectivity index is 0.00000280. The largest absolute Gasteiger partial charge is 0.357 e. The van der Waals surface area contributed by atoms with Crippen LogP contribution in [0.3, 0.4) is 0 Å². The lowest BCUT2D eigenvalue weighted by atomic mass is 9.84. The van der Waals surface area contributed by atoms with Crippen LogP contribution in [-0.2, 0) is 0 Å². The van der Waals surface area contributed by atoms with Gasteiger partial charge in [0.1, 0.15) is 0 Å². The van der Waals surface area contributed by atoms with Crippen molar-refractivity contribution in [2.75, 3.05) is 46.3 Å². The molecule has 2 N–H and O–H groups in total. The van der Waals surface area contributed by atoms with E-state index >= 15 is 0 Å². The van der Waals surface area contributed by atoms with Gasteiger partial charge in [-0.15, -0.1) is 35.3 Å². The molecule has 5 nitrogen and oxygen atoms in total. The summed E-state index contributed by atoms with van der Waals surface area (Å²) in [6.45, 7) is 11.0. The summed E-state index contributed by atoms with van der Waals surface area (Å²) in [5, 5.41) is 9.21. The first-order chi connectivity index (χ1) is 13.1. The Bertz CT molecular complexity index is 578. The van der Waals surface area contributed by atoms with E-state index in [1.165, 1.54) is 63.2 Å². The number of likely N-dealkylation sites (tertiary alicyclic amines) is 2. The molecule has 3 rings (SSSR count). The van der Waals surface area contributed by atoms with E-state index in [2.05, 4.69) is 58.8 Å². The number of halogens is 1. The summed E-state index contributed by atoms with van der Waals surface area (Å²) >= 11 is 1.80. The zero-order valence-electron chi connectivity index (χ0n) is 17.7. The second-order valence-electron chi connectivity index (χ2n) is 8.15. The zero-order chi connectivity index (χ0) is 19.1. The average Bonchev–Trinajstić information content (AvgIpc) is 3.23. The minimum Gasteiger partial charge on any atom is -0.357 e. The quantitative estimate of drug-likeness (QED) is 0.340. The first kappa shape index (κ1) is 23.9. The monoisotopic (exact) mass is 519 g/mol. The highest BCUT2D eigenvalue weighted by Gasteiger charge is 2.39. The van der Waals surface area contributed by atoms with Gasteiger partial charge < -0.3 is 15.5 Å². The fraction of sp³-hybridized carbons (Fsp3) is 0.762. The maximum Gasteiger partial charge on any atom is 0.191 e. The predicted octanol–water partition coefficient (Wildman–Crippen LogP) is 3.93. The standard InChI is InChI=1S/C21H37N5S.HI/c1-4-22-20(24-18(2)19-9-8-16-27-19)23-17-21(10-14-25(3)15-11-21)26-12-6-5-7-13-26;/h8-9,16,18H,4-7,10-15,17H2,1-3H3,(H2,22,23,24);1H. The van der Waals surface area contributed by atoms with E-state index in [-0.39, 0.29) is 35.6 Å². The number of nitrogens with one attached hydrogen (secondary N) is 2. The Hall–Kier alpha value is -0.380. The number of aliphatic imine (C=N–C) groups is 1. The Morgan fingerprint density at radius 3 is 2.54 bits per heavy atom. The third kappa shape index (κ3) is 6.31. The minimum absolute atomic E-state index is 0. The van der Waals surface area contributed by atoms with Crippen LogP contribution < -0.4 is 10.6 Å². The Morgan fingerprint density at radius 2 is 1.93 bits per heavy atom. The molecular weight excluding hydrogens is 481 g/mol. The lowest BCUT2D eigenvalue weighted by Gasteiger charge is -2.49. The third-order valence-corrected chi connectivity index (χ3v) is 7.20. The lowest BCUT2D eigenvalue weighted by Crippen LogP contribution is -2.58. The van der Waals surface area contributed by atoms with Gasteiger partial charge >= 0.3 is 0 Å². The van der Waals surface area contributed by atoms with Crippen molar-refractivity contribution in [1.82, 2.24) is 20.4 Å². The molecular formula is C21H38IN5S. The van der Waals surface area contributed by atoms with Crippen LogP contribution >= 0.6 is 35.3 Å². The van der Waals surface area contributed by atoms with Crippen molar-refractivity contribution in [1.29, 1.82) is 0 Å². The van der Waals surface area contributed by atoms with Gasteiger partial charge in [0.05, 0.1) is 12.6 Å². The van der Waals surface area contributed by atoms with Crippen LogP contribution in [0.2, 0.25) is 0 Å². The van der Waals surface area contributed by atoms with E-state index in [9.17, 15) is 0 Å². The van der Waals surface area contributed by atoms with E-state index in [1.807, 2.05) is 0 Å². The van der Waals surface area contributed by atoms with E-state index in [1.54, 1.807) is 11.3 Å². The van der Waals surface area contributed by atoms with Crippen molar-refractivity contribution in [2.24, 2.45) is 4.99 Å². The van der Waals surface area contributed by atoms with Gasteiger partial charge in [-0.3, -0.25) is 9.89 Å². The second-order valence-corrected chi connectivity index (χ2v) is 9.13. The molecule has 3 heterocycles. The molecule has 0 aromatic carbocycles. The topological polar surface area (TPSA) is 42.9 Å². The summed E-state index contributed by atoms with van der Waals surface area (Å²) in [7, 11) is 2.25. The average molecular weight is 520 g/mol. The van der Waals surface area contributed by atoms with Gasteiger partial charge in [-0.25, -0.2) is 0 Å². The minimum atomic E-state index is 0. The lowest BCUT2D eigenvalue weighted by molar-refractivity contribution is 0.0208. The highest BCUT2D eigenvalue weighted by Crippen LogP contribution is 2.31. The number of hydrogen-bond acceptors (Lipinski definition) is 4. The molecule has 7 heteroatoms. The molecule has 1 aromatic heterocycles. The van der Waals surface area contributed by atoms with Crippen LogP contribution in [0.15, 0.2) is 22.5 Å². The molecule has 2 aliphatic heterocycles. The predicted molar refractivity (Wildman–Crippen MR) is 132 cm³/mol. The summed E-state index contributed by atoms with van der Waals surface area (Å²) in [6, 6.07) is 4.59. The van der Waals surface area contributed by atoms with Crippen molar-refractivity contribution in [2.45, 2.75) is 57.5 Å². The number of hydrogen-bond donors (Lipinski definition) is 2. The highest BCUT2D eigenvalue weighted by molar-refractivity contribution is 14.0. The number of thiophene rings is 1. The molecule has 0 saturated carbocycles. The van der Waals surface area contributed by atoms with Gasteiger partial charge in [-0.2, -0.15) is 0 Å². The van der Waals surface area contributed by atoms with Crippen molar-refractivity contribution < 1.29 is 0 Å². The fourth-order valence-electron chi connectivity index (χ4n) is 4.34. The molecule has 1 aromatic rings. The summed E-state index contributed by atoms with van der Waals surface area (Å²) in [5.74, 6) is 0.953. The Morgan fingerprint density at radius 1 is 1.21 bits per heavy atom. The smallest absolute Gasteiger partial charge is 0.191 e. The van der Waals surface area contributed by atoms with E-state index in [0.717, 1.165) is 19.0 Å². The molecule has 0 aliphatic carbocycles. The van der Waals surface area contributed by atoms with Gasteiger partial charge in [0.15, 0.2) is 5.96 Å². The molecule has 2 fully saturated rings. The normalized spacial score (nSPS) is 22.3. The van der Waals surface area contributed by atoms with Crippen LogP contribution in [0.25, 0.3) is 0 Å². The maximum absolute atomic E-state index is 5.10. The maximum atomic E-state index is 5.10. The van der Waals surface area contributed by atoms with Gasteiger partial charge in [-0.1, -0.05) is 12.5 Å². The van der Waals surface area contributed by atoms with E-state index in [4.69, 9.17) is 4.99 Å². The zero-order valence-corrected chi connectivity index (χ0v) is 20.9. The van der Waals surface area contributed by atoms with Gasteiger partial charge in [-0.05, 0) is 84.2 Å². The van der Waals surface area contributed by atoms with Gasteiger partial charge in [0.25, 0.3) is 0 Å². The number of piperidine rings is 2. The van der Waals surface area contributed by atoms with E-state index in [0.29, 0.717) is 0 Å². The molecule has 160 valence electrons. The van der Waals surface area contributed by atoms with Crippen LogP contribution in [0.1, 0.15) is 56.9 Å². The van der Waals surface area contributed by atoms with Crippen LogP contribution in [-0.4, -0.2) is 67.6 Å². The Labute approximate surface area is 192 Å². The fourth-order valence-corrected chi connectivity index (χ4v) is 5.07. The molecule has 0 radical (unpaired) electrons. The molecule has 28 heavy (non-hydrogen) atoms. The molecule has 0 amide bonds. The van der Waals surface area contributed by atoms with Crippen LogP contribution in [0, 0.1) is 0 Å². The summed E-state index contributed by atoms with van der Waals surface area (Å²) in [6.07, 6.45) is 6.53. The van der Waals surface area contributed by atoms with Crippen molar-refractivity contribution in [3.8, 4) is 0 Å². The van der Waals surface area contributed by atoms with Crippen LogP contribution in [0.5, 0.6) is 0 Å². The third-order valence-electron chi connectivity index (χ3n) is 6.14. The first-order valence-corrected chi connectivity index (χ1v) is 11.5. The van der Waals surface area contributed by atoms with Crippen molar-refractivity contribution in [3.05, 3.63) is 22.4 Å². The SMILES string of the molecule is CCNC(=NCC1(N2CCCCC2)CCN(C)CC1)NC(C)c1cccs1.I. The first-order valence-electron chi connectivity index (χ1n) is 10.6. The molecule has 1 atom stereocenters. The van der Waals surface area contributed by atoms with Gasteiger partial charge in [0.2, 0.25) is 0 Å². The summed E-state index contributed by atoms with van der Waals surface area (Å²) < 4.78 is 0. The van der Waals surface area contributed by atoms with E-state index < -0.39 is 0 Å². The molecule has 2 saturated heterocycles. The van der Waals surface area contributed by atoms with Gasteiger partial charge in [0, 0.05) is 17.0 Å². The van der Waals surface area contributed by atoms with Crippen molar-refractivity contribution in [3.63, 3.8) is 0 Å². The number of guanidine groups is 1. The molecule has 2 aliphatic rings. The second kappa shape index (κ2) is 11.7. The highest BCUT2D eigenvalue weighted by atomic mass is 127. The van der Waals surface area contributed by atoms with Crippen molar-refractivity contribution >= 4 is 41.3 Å². The Kier molecular flexibility index (Phi) is 10.00. The molecule has 0 bridgehead atoms.